The van der Waals surface area contributed by atoms with Gasteiger partial charge in [-0.15, -0.1) is 13.2 Å². The number of rotatable bonds is 9. The van der Waals surface area contributed by atoms with Gasteiger partial charge in [-0.25, -0.2) is 32.9 Å². The standard InChI is InChI=1S/C17H25N5O5/c1-5-9-20-15(25)21(10-6-2)17(27)22(16(20)26)11-13(23)19-14(24)18-8-7-12(3)4/h5-6,12H,1-2,7-11H2,3-4H3,(H2,18,19,23,24). The molecule has 27 heavy (non-hydrogen) atoms. The highest BCUT2D eigenvalue weighted by Crippen LogP contribution is 1.95. The number of hydrogen-bond acceptors (Lipinski definition) is 5. The fourth-order valence-electron chi connectivity index (χ4n) is 2.22. The molecule has 0 saturated heterocycles. The molecule has 2 N–H and O–H groups in total. The molecule has 0 aliphatic carbocycles. The van der Waals surface area contributed by atoms with Gasteiger partial charge >= 0.3 is 23.1 Å². The molecule has 0 aromatic carbocycles. The lowest BCUT2D eigenvalue weighted by molar-refractivity contribution is -0.120. The van der Waals surface area contributed by atoms with Crippen molar-refractivity contribution in [2.24, 2.45) is 5.92 Å². The molecular formula is C17H25N5O5. The smallest absolute Gasteiger partial charge is 0.337 e. The Morgan fingerprint density at radius 3 is 1.89 bits per heavy atom. The number of urea groups is 1. The second kappa shape index (κ2) is 10.1. The van der Waals surface area contributed by atoms with Gasteiger partial charge in [0.25, 0.3) is 0 Å². The topological polar surface area (TPSA) is 124 Å². The van der Waals surface area contributed by atoms with E-state index in [4.69, 9.17) is 0 Å². The van der Waals surface area contributed by atoms with E-state index in [-0.39, 0.29) is 13.1 Å². The van der Waals surface area contributed by atoms with E-state index < -0.39 is 35.6 Å². The van der Waals surface area contributed by atoms with Crippen LogP contribution in [0.4, 0.5) is 4.79 Å². The summed E-state index contributed by atoms with van der Waals surface area (Å²) in [6.45, 7) is 10.3. The summed E-state index contributed by atoms with van der Waals surface area (Å²) in [7, 11) is 0. The van der Waals surface area contributed by atoms with Crippen molar-refractivity contribution in [3.8, 4) is 0 Å². The van der Waals surface area contributed by atoms with Crippen molar-refractivity contribution in [2.75, 3.05) is 6.54 Å². The molecule has 0 bridgehead atoms. The van der Waals surface area contributed by atoms with Crippen molar-refractivity contribution in [3.05, 3.63) is 56.8 Å². The van der Waals surface area contributed by atoms with Crippen LogP contribution in [0.2, 0.25) is 0 Å². The SMILES string of the molecule is C=CCn1c(=O)n(CC=C)c(=O)n(CC(=O)NC(=O)NCCC(C)C)c1=O. The zero-order valence-corrected chi connectivity index (χ0v) is 15.6. The molecule has 0 unspecified atom stereocenters. The Morgan fingerprint density at radius 2 is 1.44 bits per heavy atom. The van der Waals surface area contributed by atoms with Crippen molar-refractivity contribution < 1.29 is 9.59 Å². The first-order valence-corrected chi connectivity index (χ1v) is 8.46. The minimum atomic E-state index is -0.958. The van der Waals surface area contributed by atoms with E-state index in [1.165, 1.54) is 12.2 Å². The maximum Gasteiger partial charge on any atom is 0.337 e. The molecule has 0 aliphatic rings. The maximum absolute atomic E-state index is 12.4. The van der Waals surface area contributed by atoms with Crippen LogP contribution >= 0.6 is 0 Å². The van der Waals surface area contributed by atoms with Gasteiger partial charge in [-0.1, -0.05) is 26.0 Å². The zero-order valence-electron chi connectivity index (χ0n) is 15.6. The molecule has 0 atom stereocenters. The Bertz CT molecular complexity index is 842. The first kappa shape index (κ1) is 21.9. The number of amides is 3. The molecule has 10 nitrogen and oxygen atoms in total. The van der Waals surface area contributed by atoms with Crippen LogP contribution in [0, 0.1) is 5.92 Å². The summed E-state index contributed by atoms with van der Waals surface area (Å²) in [6, 6.07) is -0.723. The number of carbonyl (C=O) groups excluding carboxylic acids is 2. The molecule has 1 aromatic rings. The first-order valence-electron chi connectivity index (χ1n) is 8.46. The van der Waals surface area contributed by atoms with Crippen LogP contribution in [0.25, 0.3) is 0 Å². The van der Waals surface area contributed by atoms with E-state index in [9.17, 15) is 24.0 Å². The average Bonchev–Trinajstić information content (AvgIpc) is 2.59. The predicted octanol–water partition coefficient (Wildman–Crippen LogP) is -0.584. The number of allylic oxidation sites excluding steroid dienone is 2. The summed E-state index contributed by atoms with van der Waals surface area (Å²) >= 11 is 0. The lowest BCUT2D eigenvalue weighted by atomic mass is 10.1. The van der Waals surface area contributed by atoms with E-state index in [0.717, 1.165) is 15.6 Å². The molecule has 148 valence electrons. The summed E-state index contributed by atoms with van der Waals surface area (Å²) in [4.78, 5) is 60.7. The van der Waals surface area contributed by atoms with Crippen LogP contribution in [-0.2, 0) is 24.4 Å². The van der Waals surface area contributed by atoms with Crippen LogP contribution in [0.15, 0.2) is 39.7 Å². The molecule has 1 aromatic heterocycles. The second-order valence-corrected chi connectivity index (χ2v) is 6.22. The molecule has 1 heterocycles. The highest BCUT2D eigenvalue weighted by molar-refractivity contribution is 5.94. The molecule has 0 radical (unpaired) electrons. The van der Waals surface area contributed by atoms with Gasteiger partial charge in [-0.05, 0) is 12.3 Å². The average molecular weight is 379 g/mol. The Labute approximate surface area is 155 Å². The van der Waals surface area contributed by atoms with Crippen molar-refractivity contribution in [2.45, 2.75) is 39.9 Å². The minimum absolute atomic E-state index is 0.133. The highest BCUT2D eigenvalue weighted by atomic mass is 16.2. The van der Waals surface area contributed by atoms with Crippen LogP contribution in [-0.4, -0.2) is 32.2 Å². The summed E-state index contributed by atoms with van der Waals surface area (Å²) in [5, 5.41) is 4.56. The fraction of sp³-hybridized carbons (Fsp3) is 0.471. The quantitative estimate of drug-likeness (QED) is 0.555. The normalized spacial score (nSPS) is 10.5. The molecule has 3 amide bonds. The fourth-order valence-corrected chi connectivity index (χ4v) is 2.22. The monoisotopic (exact) mass is 379 g/mol. The van der Waals surface area contributed by atoms with Crippen molar-refractivity contribution >= 4 is 11.9 Å². The Hall–Kier alpha value is -3.17. The van der Waals surface area contributed by atoms with E-state index in [1.54, 1.807) is 0 Å². The van der Waals surface area contributed by atoms with Crippen LogP contribution in [0.5, 0.6) is 0 Å². The van der Waals surface area contributed by atoms with E-state index in [2.05, 4.69) is 18.5 Å². The number of carbonyl (C=O) groups is 2. The van der Waals surface area contributed by atoms with Crippen molar-refractivity contribution in [1.29, 1.82) is 0 Å². The van der Waals surface area contributed by atoms with Crippen LogP contribution < -0.4 is 27.7 Å². The molecule has 0 fully saturated rings. The minimum Gasteiger partial charge on any atom is -0.338 e. The Balaban J connectivity index is 3.07. The van der Waals surface area contributed by atoms with E-state index in [0.29, 0.717) is 17.0 Å². The summed E-state index contributed by atoms with van der Waals surface area (Å²) in [5.41, 5.74) is -2.74. The first-order chi connectivity index (χ1) is 12.7. The molecular weight excluding hydrogens is 354 g/mol. The molecule has 0 aliphatic heterocycles. The lowest BCUT2D eigenvalue weighted by Crippen LogP contribution is -2.56. The Kier molecular flexibility index (Phi) is 8.18. The molecule has 1 rings (SSSR count). The summed E-state index contributed by atoms with van der Waals surface area (Å²) < 4.78 is 2.13. The Morgan fingerprint density at radius 1 is 0.963 bits per heavy atom. The van der Waals surface area contributed by atoms with Crippen molar-refractivity contribution in [1.82, 2.24) is 24.3 Å². The number of hydrogen-bond donors (Lipinski definition) is 2. The summed E-state index contributed by atoms with van der Waals surface area (Å²) in [5.74, 6) is -0.473. The zero-order chi connectivity index (χ0) is 20.6. The third kappa shape index (κ3) is 5.94. The van der Waals surface area contributed by atoms with Crippen LogP contribution in [0.1, 0.15) is 20.3 Å². The van der Waals surface area contributed by atoms with E-state index in [1.807, 2.05) is 19.2 Å². The third-order valence-electron chi connectivity index (χ3n) is 3.57. The number of aromatic nitrogens is 3. The van der Waals surface area contributed by atoms with Crippen molar-refractivity contribution in [3.63, 3.8) is 0 Å². The third-order valence-corrected chi connectivity index (χ3v) is 3.57. The number of nitrogens with zero attached hydrogens (tertiary/aromatic N) is 3. The van der Waals surface area contributed by atoms with Gasteiger partial charge in [0, 0.05) is 6.54 Å². The van der Waals surface area contributed by atoms with Gasteiger partial charge in [0.2, 0.25) is 5.91 Å². The second-order valence-electron chi connectivity index (χ2n) is 6.22. The van der Waals surface area contributed by atoms with Gasteiger partial charge in [0.1, 0.15) is 6.54 Å². The highest BCUT2D eigenvalue weighted by Gasteiger charge is 2.17. The largest absolute Gasteiger partial charge is 0.338 e. The van der Waals surface area contributed by atoms with Gasteiger partial charge in [0.15, 0.2) is 0 Å². The van der Waals surface area contributed by atoms with Gasteiger partial charge in [0.05, 0.1) is 13.1 Å². The number of nitrogens with one attached hydrogen (secondary N) is 2. The maximum atomic E-state index is 12.4. The number of imide groups is 1. The summed E-state index contributed by atoms with van der Waals surface area (Å²) in [6.07, 6.45) is 3.37. The molecule has 0 saturated carbocycles. The lowest BCUT2D eigenvalue weighted by Gasteiger charge is -2.12. The van der Waals surface area contributed by atoms with Gasteiger partial charge < -0.3 is 5.32 Å². The predicted molar refractivity (Wildman–Crippen MR) is 101 cm³/mol. The molecule has 10 heteroatoms. The van der Waals surface area contributed by atoms with E-state index >= 15 is 0 Å². The van der Waals surface area contributed by atoms with Gasteiger partial charge in [-0.3, -0.25) is 10.1 Å². The van der Waals surface area contributed by atoms with Crippen LogP contribution in [0.3, 0.4) is 0 Å². The van der Waals surface area contributed by atoms with Gasteiger partial charge in [-0.2, -0.15) is 0 Å². The molecule has 0 spiro atoms.